The van der Waals surface area contributed by atoms with E-state index in [1.54, 1.807) is 6.07 Å². The number of H-pyrrole nitrogens is 1. The lowest BCUT2D eigenvalue weighted by molar-refractivity contribution is -0.137. The van der Waals surface area contributed by atoms with Gasteiger partial charge in [-0.3, -0.25) is 4.79 Å². The second-order valence-electron chi connectivity index (χ2n) is 7.59. The van der Waals surface area contributed by atoms with Crippen LogP contribution < -0.4 is 10.6 Å². The Hall–Kier alpha value is -3.18. The SMILES string of the molecule is O=C(NCc1ccc(S(=O)(=O)c2ccc(C(F)(F)F)cc2F)cc1)c1cc2c([nH]1)CCNC2. The lowest BCUT2D eigenvalue weighted by atomic mass is 10.1. The first-order chi connectivity index (χ1) is 15.6. The minimum Gasteiger partial charge on any atom is -0.354 e. The van der Waals surface area contributed by atoms with Gasteiger partial charge in [0, 0.05) is 31.7 Å². The lowest BCUT2D eigenvalue weighted by Gasteiger charge is -2.11. The topological polar surface area (TPSA) is 91.1 Å². The molecule has 0 radical (unpaired) electrons. The van der Waals surface area contributed by atoms with Gasteiger partial charge in [-0.05, 0) is 47.5 Å². The van der Waals surface area contributed by atoms with Crippen molar-refractivity contribution in [2.45, 2.75) is 35.5 Å². The monoisotopic (exact) mass is 481 g/mol. The molecule has 0 spiro atoms. The third-order valence-electron chi connectivity index (χ3n) is 5.34. The van der Waals surface area contributed by atoms with Gasteiger partial charge < -0.3 is 15.6 Å². The van der Waals surface area contributed by atoms with Gasteiger partial charge in [0.1, 0.15) is 16.4 Å². The molecule has 0 bridgehead atoms. The predicted octanol–water partition coefficient (Wildman–Crippen LogP) is 3.58. The Morgan fingerprint density at radius 1 is 1.06 bits per heavy atom. The van der Waals surface area contributed by atoms with Crippen LogP contribution in [0, 0.1) is 5.82 Å². The Balaban J connectivity index is 1.45. The van der Waals surface area contributed by atoms with Crippen molar-refractivity contribution in [3.05, 3.63) is 82.4 Å². The zero-order valence-corrected chi connectivity index (χ0v) is 17.9. The third-order valence-corrected chi connectivity index (χ3v) is 7.14. The summed E-state index contributed by atoms with van der Waals surface area (Å²) < 4.78 is 77.6. The van der Waals surface area contributed by atoms with Crippen molar-refractivity contribution in [2.75, 3.05) is 6.54 Å². The van der Waals surface area contributed by atoms with Crippen LogP contribution in [0.4, 0.5) is 17.6 Å². The van der Waals surface area contributed by atoms with Crippen LogP contribution in [0.1, 0.15) is 32.9 Å². The van der Waals surface area contributed by atoms with E-state index in [4.69, 9.17) is 0 Å². The molecule has 6 nitrogen and oxygen atoms in total. The highest BCUT2D eigenvalue weighted by molar-refractivity contribution is 7.91. The Bertz CT molecular complexity index is 1280. The van der Waals surface area contributed by atoms with Gasteiger partial charge in [0.05, 0.1) is 10.5 Å². The van der Waals surface area contributed by atoms with E-state index in [1.807, 2.05) is 0 Å². The van der Waals surface area contributed by atoms with Gasteiger partial charge >= 0.3 is 6.18 Å². The van der Waals surface area contributed by atoms with Gasteiger partial charge in [-0.25, -0.2) is 12.8 Å². The molecule has 1 amide bonds. The van der Waals surface area contributed by atoms with E-state index in [9.17, 15) is 30.8 Å². The molecule has 1 aromatic heterocycles. The molecule has 33 heavy (non-hydrogen) atoms. The van der Waals surface area contributed by atoms with Crippen LogP contribution in [0.25, 0.3) is 0 Å². The Kier molecular flexibility index (Phi) is 6.02. The standard InChI is InChI=1S/C22H19F4N3O3S/c23-17-10-15(22(24,25)26)3-6-20(17)33(31,32)16-4-1-13(2-5-16)11-28-21(30)19-9-14-12-27-8-7-18(14)29-19/h1-6,9-10,27,29H,7-8,11-12H2,(H,28,30). The third kappa shape index (κ3) is 4.79. The second-order valence-corrected chi connectivity index (χ2v) is 9.50. The first-order valence-corrected chi connectivity index (χ1v) is 11.4. The maximum absolute atomic E-state index is 14.2. The summed E-state index contributed by atoms with van der Waals surface area (Å²) in [7, 11) is -4.37. The molecule has 0 unspecified atom stereocenters. The summed E-state index contributed by atoms with van der Waals surface area (Å²) in [5, 5.41) is 5.96. The van der Waals surface area contributed by atoms with E-state index in [1.165, 1.54) is 24.3 Å². The van der Waals surface area contributed by atoms with Gasteiger partial charge in [0.25, 0.3) is 5.91 Å². The van der Waals surface area contributed by atoms with Gasteiger partial charge in [0.2, 0.25) is 9.84 Å². The number of nitrogens with one attached hydrogen (secondary N) is 3. The number of alkyl halides is 3. The minimum absolute atomic E-state index is 0.121. The van der Waals surface area contributed by atoms with Crippen LogP contribution in [0.3, 0.4) is 0 Å². The Labute approximate surface area is 186 Å². The van der Waals surface area contributed by atoms with Crippen molar-refractivity contribution in [3.63, 3.8) is 0 Å². The molecule has 2 heterocycles. The molecule has 0 saturated heterocycles. The van der Waals surface area contributed by atoms with Crippen LogP contribution in [0.2, 0.25) is 0 Å². The van der Waals surface area contributed by atoms with Crippen LogP contribution in [0.15, 0.2) is 58.3 Å². The molecule has 0 saturated carbocycles. The molecule has 4 rings (SSSR count). The highest BCUT2D eigenvalue weighted by Crippen LogP contribution is 2.32. The fourth-order valence-electron chi connectivity index (χ4n) is 3.57. The van der Waals surface area contributed by atoms with E-state index < -0.39 is 32.3 Å². The number of sulfone groups is 1. The van der Waals surface area contributed by atoms with Crippen molar-refractivity contribution in [3.8, 4) is 0 Å². The lowest BCUT2D eigenvalue weighted by Crippen LogP contribution is -2.23. The zero-order valence-electron chi connectivity index (χ0n) is 17.1. The van der Waals surface area contributed by atoms with E-state index in [0.29, 0.717) is 29.9 Å². The molecule has 174 valence electrons. The number of aromatic nitrogens is 1. The number of benzene rings is 2. The van der Waals surface area contributed by atoms with Gasteiger partial charge in [-0.15, -0.1) is 0 Å². The summed E-state index contributed by atoms with van der Waals surface area (Å²) in [6.07, 6.45) is -3.98. The number of carbonyl (C=O) groups excluding carboxylic acids is 1. The normalized spacial score (nSPS) is 14.1. The van der Waals surface area contributed by atoms with Gasteiger partial charge in [-0.1, -0.05) is 12.1 Å². The van der Waals surface area contributed by atoms with Crippen LogP contribution in [-0.4, -0.2) is 25.9 Å². The van der Waals surface area contributed by atoms with Crippen molar-refractivity contribution >= 4 is 15.7 Å². The van der Waals surface area contributed by atoms with E-state index in [0.717, 1.165) is 24.2 Å². The molecule has 3 aromatic rings. The Morgan fingerprint density at radius 3 is 2.42 bits per heavy atom. The molecular formula is C22H19F4N3O3S. The fourth-order valence-corrected chi connectivity index (χ4v) is 4.88. The summed E-state index contributed by atoms with van der Waals surface area (Å²) in [4.78, 5) is 14.4. The van der Waals surface area contributed by atoms with Crippen molar-refractivity contribution in [1.82, 2.24) is 15.6 Å². The predicted molar refractivity (Wildman–Crippen MR) is 111 cm³/mol. The first kappa shape index (κ1) is 23.0. The number of carbonyl (C=O) groups is 1. The number of halogens is 4. The fraction of sp³-hybridized carbons (Fsp3) is 0.227. The minimum atomic E-state index is -4.79. The Morgan fingerprint density at radius 2 is 1.79 bits per heavy atom. The van der Waals surface area contributed by atoms with Crippen molar-refractivity contribution < 1.29 is 30.8 Å². The summed E-state index contributed by atoms with van der Waals surface area (Å²) in [6.45, 7) is 1.64. The van der Waals surface area contributed by atoms with E-state index in [-0.39, 0.29) is 23.4 Å². The first-order valence-electron chi connectivity index (χ1n) is 9.96. The molecule has 11 heteroatoms. The average Bonchev–Trinajstić information content (AvgIpc) is 3.21. The van der Waals surface area contributed by atoms with Crippen LogP contribution in [-0.2, 0) is 35.5 Å². The number of rotatable bonds is 5. The molecule has 1 aliphatic rings. The van der Waals surface area contributed by atoms with Crippen molar-refractivity contribution in [2.24, 2.45) is 0 Å². The smallest absolute Gasteiger partial charge is 0.354 e. The maximum atomic E-state index is 14.2. The average molecular weight is 481 g/mol. The summed E-state index contributed by atoms with van der Waals surface area (Å²) >= 11 is 0. The largest absolute Gasteiger partial charge is 0.416 e. The van der Waals surface area contributed by atoms with Crippen LogP contribution in [0.5, 0.6) is 0 Å². The molecule has 0 fully saturated rings. The van der Waals surface area contributed by atoms with E-state index in [2.05, 4.69) is 15.6 Å². The highest BCUT2D eigenvalue weighted by atomic mass is 32.2. The molecule has 2 aromatic carbocycles. The number of hydrogen-bond donors (Lipinski definition) is 3. The van der Waals surface area contributed by atoms with Gasteiger partial charge in [-0.2, -0.15) is 13.2 Å². The quantitative estimate of drug-likeness (QED) is 0.486. The number of aromatic amines is 1. The van der Waals surface area contributed by atoms with E-state index >= 15 is 0 Å². The molecule has 0 atom stereocenters. The summed E-state index contributed by atoms with van der Waals surface area (Å²) in [6, 6.07) is 8.38. The molecule has 0 aliphatic carbocycles. The second kappa shape index (κ2) is 8.64. The maximum Gasteiger partial charge on any atom is 0.416 e. The zero-order chi connectivity index (χ0) is 23.8. The molecule has 1 aliphatic heterocycles. The number of hydrogen-bond acceptors (Lipinski definition) is 4. The van der Waals surface area contributed by atoms with Gasteiger partial charge in [0.15, 0.2) is 0 Å². The molecular weight excluding hydrogens is 462 g/mol. The number of amides is 1. The van der Waals surface area contributed by atoms with Crippen molar-refractivity contribution in [1.29, 1.82) is 0 Å². The summed E-state index contributed by atoms with van der Waals surface area (Å²) in [5.74, 6) is -1.79. The summed E-state index contributed by atoms with van der Waals surface area (Å²) in [5.41, 5.74) is 1.80. The molecule has 3 N–H and O–H groups in total. The number of fused-ring (bicyclic) bond motifs is 1. The highest BCUT2D eigenvalue weighted by Gasteiger charge is 2.33. The van der Waals surface area contributed by atoms with Crippen LogP contribution >= 0.6 is 0 Å².